The first-order chi connectivity index (χ1) is 20.0. The number of nitrogens with one attached hydrogen (secondary N) is 3. The lowest BCUT2D eigenvalue weighted by Crippen LogP contribution is -2.50. The fourth-order valence-corrected chi connectivity index (χ4v) is 4.90. The third-order valence-corrected chi connectivity index (χ3v) is 7.09. The second-order valence-electron chi connectivity index (χ2n) is 9.93. The number of nitrogens with zero attached hydrogens (tertiary/aromatic N) is 7. The summed E-state index contributed by atoms with van der Waals surface area (Å²) in [7, 11) is 3.75. The number of para-hydroxylation sites is 1. The number of pyridine rings is 2. The van der Waals surface area contributed by atoms with Crippen LogP contribution in [0.2, 0.25) is 0 Å². The average Bonchev–Trinajstić information content (AvgIpc) is 3.61. The molecule has 5 heterocycles. The van der Waals surface area contributed by atoms with E-state index in [-0.39, 0.29) is 6.03 Å². The van der Waals surface area contributed by atoms with Gasteiger partial charge in [0.25, 0.3) is 0 Å². The summed E-state index contributed by atoms with van der Waals surface area (Å²) in [4.78, 5) is 38.4. The maximum atomic E-state index is 12.8. The highest BCUT2D eigenvalue weighted by Gasteiger charge is 2.20. The van der Waals surface area contributed by atoms with E-state index in [4.69, 9.17) is 4.98 Å². The molecule has 0 bridgehead atoms. The maximum Gasteiger partial charge on any atom is 0.321 e. The minimum atomic E-state index is -0.159. The number of hydrogen-bond donors (Lipinski definition) is 3. The number of carbonyl (C=O) groups is 1. The normalized spacial score (nSPS) is 14.8. The number of aliphatic imine (C=N–C) groups is 1. The first kappa shape index (κ1) is 26.1. The van der Waals surface area contributed by atoms with E-state index in [0.29, 0.717) is 36.0 Å². The van der Waals surface area contributed by atoms with Gasteiger partial charge in [-0.05, 0) is 37.4 Å². The molecule has 6 rings (SSSR count). The molecular weight excluding hydrogens is 516 g/mol. The molecule has 206 valence electrons. The number of likely N-dealkylation sites (N-methyl/N-ethyl adjacent to an activating group) is 1. The Kier molecular flexibility index (Phi) is 7.09. The molecule has 0 saturated carbocycles. The van der Waals surface area contributed by atoms with Crippen molar-refractivity contribution in [3.8, 4) is 22.8 Å². The molecule has 1 fully saturated rings. The molecule has 1 aliphatic heterocycles. The van der Waals surface area contributed by atoms with Crippen molar-refractivity contribution in [1.29, 1.82) is 0 Å². The Morgan fingerprint density at radius 3 is 2.76 bits per heavy atom. The van der Waals surface area contributed by atoms with Gasteiger partial charge in [-0.2, -0.15) is 5.10 Å². The van der Waals surface area contributed by atoms with Gasteiger partial charge < -0.3 is 20.1 Å². The van der Waals surface area contributed by atoms with Gasteiger partial charge in [-0.3, -0.25) is 15.1 Å². The summed E-state index contributed by atoms with van der Waals surface area (Å²) in [5.74, 6) is 0.642. The maximum absolute atomic E-state index is 12.8. The Bertz CT molecular complexity index is 1790. The van der Waals surface area contributed by atoms with Crippen LogP contribution in [0.5, 0.6) is 0 Å². The number of amides is 2. The Labute approximate surface area is 236 Å². The quantitative estimate of drug-likeness (QED) is 0.217. The zero-order chi connectivity index (χ0) is 28.3. The van der Waals surface area contributed by atoms with Gasteiger partial charge in [-0.15, -0.1) is 0 Å². The molecule has 0 radical (unpaired) electrons. The molecule has 0 aliphatic carbocycles. The number of urea groups is 1. The molecular formula is C30H30N10O. The van der Waals surface area contributed by atoms with Gasteiger partial charge in [0.1, 0.15) is 5.69 Å². The van der Waals surface area contributed by atoms with Gasteiger partial charge in [0.2, 0.25) is 0 Å². The fourth-order valence-electron chi connectivity index (χ4n) is 4.90. The number of aromatic nitrogens is 6. The highest BCUT2D eigenvalue weighted by molar-refractivity contribution is 6.11. The Morgan fingerprint density at radius 2 is 1.98 bits per heavy atom. The lowest BCUT2D eigenvalue weighted by molar-refractivity contribution is 0.156. The van der Waals surface area contributed by atoms with E-state index in [1.807, 2.05) is 42.5 Å². The zero-order valence-electron chi connectivity index (χ0n) is 22.9. The summed E-state index contributed by atoms with van der Waals surface area (Å²) in [6.07, 6.45) is 7.02. The molecule has 5 aromatic rings. The number of allylic oxidation sites excluding steroid dienone is 2. The third-order valence-electron chi connectivity index (χ3n) is 7.09. The number of rotatable bonds is 6. The first-order valence-corrected chi connectivity index (χ1v) is 13.3. The SMILES string of the molecule is C=C(/C=C(\C=NC)c1cnc2n[nH]c(-c3nc4c(-c5ccccn5)cccc4[nH]3)c2c1)NC(=O)N1CCN(C)CC1. The molecule has 4 aromatic heterocycles. The van der Waals surface area contributed by atoms with E-state index in [1.165, 1.54) is 0 Å². The van der Waals surface area contributed by atoms with E-state index in [9.17, 15) is 4.79 Å². The second-order valence-corrected chi connectivity index (χ2v) is 9.93. The van der Waals surface area contributed by atoms with Gasteiger partial charge in [-0.25, -0.2) is 14.8 Å². The number of carbonyl (C=O) groups excluding carboxylic acids is 1. The van der Waals surface area contributed by atoms with Crippen LogP contribution in [-0.2, 0) is 0 Å². The number of imidazole rings is 1. The van der Waals surface area contributed by atoms with Crippen molar-refractivity contribution in [3.63, 3.8) is 0 Å². The van der Waals surface area contributed by atoms with Crippen molar-refractivity contribution >= 4 is 39.9 Å². The lowest BCUT2D eigenvalue weighted by Gasteiger charge is -2.32. The molecule has 11 nitrogen and oxygen atoms in total. The number of aromatic amines is 2. The van der Waals surface area contributed by atoms with E-state index in [1.54, 1.807) is 36.6 Å². The summed E-state index contributed by atoms with van der Waals surface area (Å²) in [5, 5.41) is 11.2. The lowest BCUT2D eigenvalue weighted by atomic mass is 10.1. The van der Waals surface area contributed by atoms with Crippen LogP contribution in [-0.4, -0.2) is 92.5 Å². The van der Waals surface area contributed by atoms with Gasteiger partial charge in [-0.1, -0.05) is 24.8 Å². The standard InChI is InChI=1S/C30H30N10O/c1-19(34-30(41)40-13-11-39(3)12-14-40)15-20(17-31-2)21-16-23-27(37-38-28(23)33-18-21)29-35-25-9-6-7-22(26(25)36-29)24-8-4-5-10-32-24/h4-10,15-18H,1,11-14H2,2-3H3,(H,34,41)(H,35,36)(H,33,37,38)/b20-15+,31-17?. The van der Waals surface area contributed by atoms with Crippen molar-refractivity contribution in [2.75, 3.05) is 40.3 Å². The van der Waals surface area contributed by atoms with E-state index in [2.05, 4.69) is 54.0 Å². The van der Waals surface area contributed by atoms with Gasteiger partial charge >= 0.3 is 6.03 Å². The van der Waals surface area contributed by atoms with Crippen molar-refractivity contribution in [2.45, 2.75) is 0 Å². The summed E-state index contributed by atoms with van der Waals surface area (Å²) >= 11 is 0. The molecule has 0 spiro atoms. The van der Waals surface area contributed by atoms with Crippen LogP contribution in [0.4, 0.5) is 4.79 Å². The zero-order valence-corrected chi connectivity index (χ0v) is 22.9. The second kappa shape index (κ2) is 11.1. The molecule has 0 unspecified atom stereocenters. The van der Waals surface area contributed by atoms with Crippen LogP contribution in [0, 0.1) is 0 Å². The summed E-state index contributed by atoms with van der Waals surface area (Å²) in [5.41, 5.74) is 6.79. The van der Waals surface area contributed by atoms with Gasteiger partial charge in [0.05, 0.1) is 22.1 Å². The Hall–Kier alpha value is -5.16. The summed E-state index contributed by atoms with van der Waals surface area (Å²) < 4.78 is 0. The third kappa shape index (κ3) is 5.35. The van der Waals surface area contributed by atoms with E-state index >= 15 is 0 Å². The minimum Gasteiger partial charge on any atom is -0.337 e. The highest BCUT2D eigenvalue weighted by atomic mass is 16.2. The van der Waals surface area contributed by atoms with Crippen molar-refractivity contribution < 1.29 is 4.79 Å². The predicted octanol–water partition coefficient (Wildman–Crippen LogP) is 4.12. The topological polar surface area (TPSA) is 131 Å². The molecule has 2 amide bonds. The molecule has 0 atom stereocenters. The van der Waals surface area contributed by atoms with E-state index in [0.717, 1.165) is 51.9 Å². The largest absolute Gasteiger partial charge is 0.337 e. The van der Waals surface area contributed by atoms with Crippen molar-refractivity contribution in [1.82, 2.24) is 45.2 Å². The molecule has 1 saturated heterocycles. The number of piperazine rings is 1. The number of benzene rings is 1. The van der Waals surface area contributed by atoms with Crippen LogP contribution in [0.1, 0.15) is 5.56 Å². The summed E-state index contributed by atoms with van der Waals surface area (Å²) in [6.45, 7) is 7.11. The van der Waals surface area contributed by atoms with Crippen LogP contribution in [0.3, 0.4) is 0 Å². The van der Waals surface area contributed by atoms with Crippen LogP contribution in [0.15, 0.2) is 78.2 Å². The molecule has 41 heavy (non-hydrogen) atoms. The molecule has 1 aromatic carbocycles. The molecule has 11 heteroatoms. The smallest absolute Gasteiger partial charge is 0.321 e. The Morgan fingerprint density at radius 1 is 1.12 bits per heavy atom. The molecule has 3 N–H and O–H groups in total. The highest BCUT2D eigenvalue weighted by Crippen LogP contribution is 2.31. The number of hydrogen-bond acceptors (Lipinski definition) is 7. The van der Waals surface area contributed by atoms with Crippen LogP contribution in [0.25, 0.3) is 50.4 Å². The van der Waals surface area contributed by atoms with Crippen LogP contribution >= 0.6 is 0 Å². The average molecular weight is 547 g/mol. The number of fused-ring (bicyclic) bond motifs is 2. The van der Waals surface area contributed by atoms with Crippen molar-refractivity contribution in [3.05, 3.63) is 78.8 Å². The van der Waals surface area contributed by atoms with E-state index < -0.39 is 0 Å². The van der Waals surface area contributed by atoms with Crippen molar-refractivity contribution in [2.24, 2.45) is 4.99 Å². The molecule has 1 aliphatic rings. The van der Waals surface area contributed by atoms with Gasteiger partial charge in [0, 0.05) is 74.2 Å². The fraction of sp³-hybridized carbons (Fsp3) is 0.200. The predicted molar refractivity (Wildman–Crippen MR) is 161 cm³/mol. The monoisotopic (exact) mass is 546 g/mol. The van der Waals surface area contributed by atoms with Gasteiger partial charge in [0.15, 0.2) is 11.5 Å². The first-order valence-electron chi connectivity index (χ1n) is 13.3. The minimum absolute atomic E-state index is 0.159. The Balaban J connectivity index is 1.31. The van der Waals surface area contributed by atoms with Crippen LogP contribution < -0.4 is 5.32 Å². The number of H-pyrrole nitrogens is 2. The summed E-state index contributed by atoms with van der Waals surface area (Å²) in [6, 6.07) is 13.6.